The first-order valence-corrected chi connectivity index (χ1v) is 12.0. The second-order valence-corrected chi connectivity index (χ2v) is 9.53. The highest BCUT2D eigenvalue weighted by Crippen LogP contribution is 2.38. The lowest BCUT2D eigenvalue weighted by Gasteiger charge is -2.24. The first-order valence-electron chi connectivity index (χ1n) is 12.0. The summed E-state index contributed by atoms with van der Waals surface area (Å²) in [7, 11) is 0. The van der Waals surface area contributed by atoms with Gasteiger partial charge in [-0.1, -0.05) is 42.5 Å². The highest BCUT2D eigenvalue weighted by Gasteiger charge is 2.35. The fourth-order valence-electron chi connectivity index (χ4n) is 4.69. The third kappa shape index (κ3) is 6.47. The van der Waals surface area contributed by atoms with E-state index in [2.05, 4.69) is 0 Å². The van der Waals surface area contributed by atoms with Crippen LogP contribution in [-0.2, 0) is 35.3 Å². The first-order chi connectivity index (χ1) is 17.2. The molecular formula is C29H29F2NO4. The van der Waals surface area contributed by atoms with E-state index in [-0.39, 0.29) is 30.5 Å². The molecule has 0 spiro atoms. The Morgan fingerprint density at radius 1 is 1.00 bits per heavy atom. The molecule has 5 nitrogen and oxygen atoms in total. The summed E-state index contributed by atoms with van der Waals surface area (Å²) >= 11 is 0. The Morgan fingerprint density at radius 2 is 1.78 bits per heavy atom. The fraction of sp³-hybridized carbons (Fsp3) is 0.310. The lowest BCUT2D eigenvalue weighted by atomic mass is 9.91. The zero-order valence-electron chi connectivity index (χ0n) is 20.2. The molecule has 0 saturated heterocycles. The molecule has 7 heteroatoms. The van der Waals surface area contributed by atoms with Crippen LogP contribution in [0.15, 0.2) is 66.7 Å². The number of fused-ring (bicyclic) bond motifs is 1. The van der Waals surface area contributed by atoms with Gasteiger partial charge in [-0.2, -0.15) is 0 Å². The van der Waals surface area contributed by atoms with Crippen molar-refractivity contribution in [2.45, 2.75) is 44.6 Å². The van der Waals surface area contributed by atoms with Crippen molar-refractivity contribution in [1.82, 2.24) is 4.90 Å². The van der Waals surface area contributed by atoms with Crippen molar-refractivity contribution < 1.29 is 28.2 Å². The largest absolute Gasteiger partial charge is 0.487 e. The first kappa shape index (κ1) is 25.4. The van der Waals surface area contributed by atoms with E-state index in [0.29, 0.717) is 36.8 Å². The van der Waals surface area contributed by atoms with Crippen LogP contribution in [0.1, 0.15) is 35.6 Å². The summed E-state index contributed by atoms with van der Waals surface area (Å²) in [6.45, 7) is 1.76. The van der Waals surface area contributed by atoms with E-state index in [1.165, 1.54) is 23.1 Å². The highest BCUT2D eigenvalue weighted by atomic mass is 19.1. The van der Waals surface area contributed by atoms with Gasteiger partial charge in [0.15, 0.2) is 0 Å². The molecule has 0 aromatic heterocycles. The van der Waals surface area contributed by atoms with Crippen LogP contribution in [0.25, 0.3) is 0 Å². The van der Waals surface area contributed by atoms with E-state index < -0.39 is 18.1 Å². The van der Waals surface area contributed by atoms with E-state index >= 15 is 0 Å². The molecule has 1 amide bonds. The van der Waals surface area contributed by atoms with E-state index in [1.54, 1.807) is 24.3 Å². The van der Waals surface area contributed by atoms with Crippen molar-refractivity contribution in [3.8, 4) is 5.75 Å². The summed E-state index contributed by atoms with van der Waals surface area (Å²) in [6, 6.07) is 18.5. The molecule has 0 aliphatic carbocycles. The maximum atomic E-state index is 14.2. The SMILES string of the molecule is CC1(Cc2ccccc2F)Cc2cc(CCC(=O)N(CCc3cccc(F)c3)CC(=O)O)ccc2O1. The molecule has 36 heavy (non-hydrogen) atoms. The van der Waals surface area contributed by atoms with Crippen LogP contribution < -0.4 is 4.74 Å². The Hall–Kier alpha value is -3.74. The number of carboxylic acids is 1. The van der Waals surface area contributed by atoms with Crippen LogP contribution >= 0.6 is 0 Å². The molecule has 0 saturated carbocycles. The molecule has 0 bridgehead atoms. The maximum absolute atomic E-state index is 14.2. The topological polar surface area (TPSA) is 66.8 Å². The highest BCUT2D eigenvalue weighted by molar-refractivity contribution is 5.81. The Labute approximate surface area is 209 Å². The van der Waals surface area contributed by atoms with Gasteiger partial charge in [-0.15, -0.1) is 0 Å². The number of aliphatic carboxylic acids is 1. The summed E-state index contributed by atoms with van der Waals surface area (Å²) < 4.78 is 33.8. The number of carboxylic acid groups (broad SMARTS) is 1. The van der Waals surface area contributed by atoms with Crippen molar-refractivity contribution in [2.75, 3.05) is 13.1 Å². The van der Waals surface area contributed by atoms with Gasteiger partial charge in [-0.25, -0.2) is 8.78 Å². The van der Waals surface area contributed by atoms with E-state index in [0.717, 1.165) is 16.9 Å². The molecule has 1 unspecified atom stereocenters. The standard InChI is InChI=1S/C29H29F2NO4/c1-29(17-22-6-2-3-8-25(22)31)18-23-15-21(9-11-26(23)36-29)10-12-27(33)32(19-28(34)35)14-13-20-5-4-7-24(30)16-20/h2-9,11,15-16H,10,12-14,17-19H2,1H3,(H,34,35). The number of rotatable bonds is 10. The monoisotopic (exact) mass is 493 g/mol. The number of carbonyl (C=O) groups excluding carboxylic acids is 1. The number of amides is 1. The number of nitrogens with zero attached hydrogens (tertiary/aromatic N) is 1. The number of hydrogen-bond donors (Lipinski definition) is 1. The van der Waals surface area contributed by atoms with Gasteiger partial charge in [-0.3, -0.25) is 9.59 Å². The molecule has 4 rings (SSSR count). The predicted octanol–water partition coefficient (Wildman–Crippen LogP) is 4.99. The van der Waals surface area contributed by atoms with Crippen LogP contribution in [0.3, 0.4) is 0 Å². The van der Waals surface area contributed by atoms with Gasteiger partial charge in [0.25, 0.3) is 0 Å². The summed E-state index contributed by atoms with van der Waals surface area (Å²) in [4.78, 5) is 25.4. The van der Waals surface area contributed by atoms with Crippen LogP contribution in [-0.4, -0.2) is 40.6 Å². The van der Waals surface area contributed by atoms with Crippen molar-refractivity contribution in [1.29, 1.82) is 0 Å². The van der Waals surface area contributed by atoms with Crippen LogP contribution in [0.4, 0.5) is 8.78 Å². The van der Waals surface area contributed by atoms with Crippen molar-refractivity contribution in [2.24, 2.45) is 0 Å². The van der Waals surface area contributed by atoms with E-state index in [9.17, 15) is 23.5 Å². The molecule has 1 aliphatic rings. The number of ether oxygens (including phenoxy) is 1. The number of halogens is 2. The van der Waals surface area contributed by atoms with Crippen molar-refractivity contribution in [3.63, 3.8) is 0 Å². The Kier molecular flexibility index (Phi) is 7.67. The van der Waals surface area contributed by atoms with Crippen LogP contribution in [0.5, 0.6) is 5.75 Å². The predicted molar refractivity (Wildman–Crippen MR) is 132 cm³/mol. The third-order valence-electron chi connectivity index (χ3n) is 6.43. The van der Waals surface area contributed by atoms with Gasteiger partial charge < -0.3 is 14.7 Å². The lowest BCUT2D eigenvalue weighted by Crippen LogP contribution is -2.37. The molecule has 1 heterocycles. The minimum Gasteiger partial charge on any atom is -0.487 e. The van der Waals surface area contributed by atoms with Crippen molar-refractivity contribution >= 4 is 11.9 Å². The fourth-order valence-corrected chi connectivity index (χ4v) is 4.69. The van der Waals surface area contributed by atoms with Gasteiger partial charge in [-0.05, 0) is 66.3 Å². The van der Waals surface area contributed by atoms with Gasteiger partial charge in [0.2, 0.25) is 5.91 Å². The van der Waals surface area contributed by atoms with E-state index in [4.69, 9.17) is 4.74 Å². The zero-order chi connectivity index (χ0) is 25.7. The molecule has 3 aromatic carbocycles. The molecule has 1 N–H and O–H groups in total. The molecular weight excluding hydrogens is 464 g/mol. The lowest BCUT2D eigenvalue weighted by molar-refractivity contribution is -0.144. The van der Waals surface area contributed by atoms with Gasteiger partial charge in [0.05, 0.1) is 0 Å². The molecule has 1 atom stereocenters. The summed E-state index contributed by atoms with van der Waals surface area (Å²) in [5.41, 5.74) is 2.70. The summed E-state index contributed by atoms with van der Waals surface area (Å²) in [5.74, 6) is -1.22. The van der Waals surface area contributed by atoms with Crippen LogP contribution in [0.2, 0.25) is 0 Å². The number of aryl methyl sites for hydroxylation is 1. The maximum Gasteiger partial charge on any atom is 0.323 e. The molecule has 3 aromatic rings. The minimum atomic E-state index is -1.09. The molecule has 188 valence electrons. The minimum absolute atomic E-state index is 0.155. The Morgan fingerprint density at radius 3 is 2.53 bits per heavy atom. The molecule has 0 fully saturated rings. The average Bonchev–Trinajstić information content (AvgIpc) is 3.16. The number of hydrogen-bond acceptors (Lipinski definition) is 3. The number of benzene rings is 3. The zero-order valence-corrected chi connectivity index (χ0v) is 20.2. The Balaban J connectivity index is 1.36. The van der Waals surface area contributed by atoms with Crippen LogP contribution in [0, 0.1) is 11.6 Å². The average molecular weight is 494 g/mol. The van der Waals surface area contributed by atoms with Crippen molar-refractivity contribution in [3.05, 3.63) is 101 Å². The normalized spacial score (nSPS) is 16.3. The number of carbonyl (C=O) groups is 2. The second-order valence-electron chi connectivity index (χ2n) is 9.53. The van der Waals surface area contributed by atoms with Gasteiger partial charge in [0.1, 0.15) is 29.5 Å². The van der Waals surface area contributed by atoms with Gasteiger partial charge >= 0.3 is 5.97 Å². The second kappa shape index (κ2) is 10.9. The smallest absolute Gasteiger partial charge is 0.323 e. The Bertz CT molecular complexity index is 1260. The quantitative estimate of drug-likeness (QED) is 0.432. The summed E-state index contributed by atoms with van der Waals surface area (Å²) in [6.07, 6.45) is 2.04. The molecule has 1 aliphatic heterocycles. The molecule has 0 radical (unpaired) electrons. The summed E-state index contributed by atoms with van der Waals surface area (Å²) in [5, 5.41) is 9.25. The third-order valence-corrected chi connectivity index (χ3v) is 6.43. The van der Waals surface area contributed by atoms with E-state index in [1.807, 2.05) is 31.2 Å². The van der Waals surface area contributed by atoms with Gasteiger partial charge in [0, 0.05) is 25.8 Å².